The van der Waals surface area contributed by atoms with Gasteiger partial charge in [0.25, 0.3) is 0 Å². The standard InChI is InChI=1S/C42H83NO3/c1-4-6-8-10-12-14-16-18-20-22-24-26-28-30-32-34-41(45)38-40(39-43(3)36-37-44)42(46)35-33-31-29-27-25-23-21-19-17-15-13-11-9-7-5-2/h40,44H,4-39H2,1-3H3. The SMILES string of the molecule is CCCCCCCCCCCCCCCCCC(=O)CC(CN(C)CCO)C(=O)CCCCCCCCCCCCCCCCC. The molecule has 0 saturated heterocycles. The monoisotopic (exact) mass is 650 g/mol. The normalized spacial score (nSPS) is 12.3. The zero-order chi connectivity index (χ0) is 33.8. The predicted molar refractivity (Wildman–Crippen MR) is 202 cm³/mol. The fraction of sp³-hybridized carbons (Fsp3) is 0.952. The Balaban J connectivity index is 3.91. The Kier molecular flexibility index (Phi) is 36.5. The van der Waals surface area contributed by atoms with Crippen molar-refractivity contribution in [1.82, 2.24) is 4.90 Å². The highest BCUT2D eigenvalue weighted by molar-refractivity contribution is 5.88. The molecule has 0 bridgehead atoms. The molecule has 0 saturated carbocycles. The number of Topliss-reactive ketones (excluding diaryl/α,β-unsaturated/α-hetero) is 2. The molecule has 0 amide bonds. The number of rotatable bonds is 39. The van der Waals surface area contributed by atoms with Crippen LogP contribution in [0.15, 0.2) is 0 Å². The molecule has 0 aliphatic heterocycles. The van der Waals surface area contributed by atoms with Gasteiger partial charge in [0.1, 0.15) is 11.6 Å². The predicted octanol–water partition coefficient (Wildman–Crippen LogP) is 12.6. The van der Waals surface area contributed by atoms with Crippen LogP contribution in [-0.4, -0.2) is 48.3 Å². The lowest BCUT2D eigenvalue weighted by molar-refractivity contribution is -0.128. The minimum Gasteiger partial charge on any atom is -0.395 e. The summed E-state index contributed by atoms with van der Waals surface area (Å²) in [5.74, 6) is 0.290. The third-order valence-corrected chi connectivity index (χ3v) is 10.0. The van der Waals surface area contributed by atoms with Gasteiger partial charge in [-0.3, -0.25) is 9.59 Å². The molecule has 0 radical (unpaired) electrons. The molecule has 0 heterocycles. The average molecular weight is 650 g/mol. The number of unbranched alkanes of at least 4 members (excludes halogenated alkanes) is 28. The summed E-state index contributed by atoms with van der Waals surface area (Å²) in [6, 6.07) is 0. The molecule has 0 aromatic rings. The van der Waals surface area contributed by atoms with Gasteiger partial charge in [0.05, 0.1) is 6.61 Å². The van der Waals surface area contributed by atoms with E-state index < -0.39 is 0 Å². The maximum atomic E-state index is 13.1. The van der Waals surface area contributed by atoms with E-state index in [-0.39, 0.29) is 24.1 Å². The van der Waals surface area contributed by atoms with Gasteiger partial charge >= 0.3 is 0 Å². The number of hydrogen-bond acceptors (Lipinski definition) is 4. The van der Waals surface area contributed by atoms with Crippen LogP contribution >= 0.6 is 0 Å². The van der Waals surface area contributed by atoms with Gasteiger partial charge in [-0.15, -0.1) is 0 Å². The summed E-state index contributed by atoms with van der Waals surface area (Å²) in [5.41, 5.74) is 0. The van der Waals surface area contributed by atoms with Crippen LogP contribution in [-0.2, 0) is 9.59 Å². The first-order valence-corrected chi connectivity index (χ1v) is 20.9. The van der Waals surface area contributed by atoms with Crippen molar-refractivity contribution in [2.75, 3.05) is 26.7 Å². The van der Waals surface area contributed by atoms with Gasteiger partial charge in [0, 0.05) is 38.3 Å². The molecule has 4 heteroatoms. The molecular formula is C42H83NO3. The molecule has 1 N–H and O–H groups in total. The van der Waals surface area contributed by atoms with E-state index in [1.54, 1.807) is 0 Å². The molecule has 0 rings (SSSR count). The van der Waals surface area contributed by atoms with Crippen molar-refractivity contribution in [2.24, 2.45) is 5.92 Å². The van der Waals surface area contributed by atoms with Crippen molar-refractivity contribution in [1.29, 1.82) is 0 Å². The molecule has 4 nitrogen and oxygen atoms in total. The van der Waals surface area contributed by atoms with Crippen LogP contribution in [0.2, 0.25) is 0 Å². The minimum atomic E-state index is -0.216. The van der Waals surface area contributed by atoms with Gasteiger partial charge in [-0.1, -0.05) is 194 Å². The summed E-state index contributed by atoms with van der Waals surface area (Å²) in [6.45, 7) is 5.79. The lowest BCUT2D eigenvalue weighted by Gasteiger charge is -2.22. The van der Waals surface area contributed by atoms with E-state index in [1.807, 2.05) is 11.9 Å². The van der Waals surface area contributed by atoms with Gasteiger partial charge in [-0.05, 0) is 19.9 Å². The fourth-order valence-corrected chi connectivity index (χ4v) is 6.86. The van der Waals surface area contributed by atoms with Crippen LogP contribution in [0.4, 0.5) is 0 Å². The van der Waals surface area contributed by atoms with Crippen LogP contribution < -0.4 is 0 Å². The number of ketones is 2. The molecule has 0 aliphatic carbocycles. The Hall–Kier alpha value is -0.740. The van der Waals surface area contributed by atoms with Crippen LogP contribution in [0.5, 0.6) is 0 Å². The summed E-state index contributed by atoms with van der Waals surface area (Å²) in [7, 11) is 1.95. The maximum absolute atomic E-state index is 13.1. The number of aliphatic hydroxyl groups excluding tert-OH is 1. The third-order valence-electron chi connectivity index (χ3n) is 10.0. The van der Waals surface area contributed by atoms with E-state index in [0.29, 0.717) is 32.4 Å². The van der Waals surface area contributed by atoms with Gasteiger partial charge in [0.2, 0.25) is 0 Å². The minimum absolute atomic E-state index is 0.0868. The van der Waals surface area contributed by atoms with Crippen LogP contribution in [0.3, 0.4) is 0 Å². The van der Waals surface area contributed by atoms with E-state index >= 15 is 0 Å². The molecule has 0 aromatic carbocycles. The molecule has 1 atom stereocenters. The van der Waals surface area contributed by atoms with Crippen LogP contribution in [0.1, 0.15) is 226 Å². The van der Waals surface area contributed by atoms with Crippen molar-refractivity contribution in [3.05, 3.63) is 0 Å². The van der Waals surface area contributed by atoms with Crippen LogP contribution in [0, 0.1) is 5.92 Å². The number of nitrogens with zero attached hydrogens (tertiary/aromatic N) is 1. The van der Waals surface area contributed by atoms with Crippen molar-refractivity contribution in [3.63, 3.8) is 0 Å². The number of likely N-dealkylation sites (N-methyl/N-ethyl adjacent to an activating group) is 1. The van der Waals surface area contributed by atoms with E-state index in [2.05, 4.69) is 13.8 Å². The summed E-state index contributed by atoms with van der Waals surface area (Å²) in [6.07, 6.45) is 41.4. The van der Waals surface area contributed by atoms with E-state index in [9.17, 15) is 14.7 Å². The largest absolute Gasteiger partial charge is 0.395 e. The lowest BCUT2D eigenvalue weighted by atomic mass is 9.91. The van der Waals surface area contributed by atoms with E-state index in [0.717, 1.165) is 25.7 Å². The second-order valence-electron chi connectivity index (χ2n) is 14.8. The summed E-state index contributed by atoms with van der Waals surface area (Å²) >= 11 is 0. The van der Waals surface area contributed by atoms with Gasteiger partial charge in [0.15, 0.2) is 0 Å². The Morgan fingerprint density at radius 3 is 1.11 bits per heavy atom. The molecule has 0 spiro atoms. The van der Waals surface area contributed by atoms with Crippen molar-refractivity contribution in [2.45, 2.75) is 226 Å². The first-order chi connectivity index (χ1) is 22.5. The smallest absolute Gasteiger partial charge is 0.137 e. The molecule has 0 aliphatic rings. The molecule has 1 unspecified atom stereocenters. The number of hydrogen-bond donors (Lipinski definition) is 1. The Labute approximate surface area is 289 Å². The first kappa shape index (κ1) is 45.3. The molecule has 0 aromatic heterocycles. The maximum Gasteiger partial charge on any atom is 0.137 e. The topological polar surface area (TPSA) is 57.6 Å². The van der Waals surface area contributed by atoms with Gasteiger partial charge in [-0.2, -0.15) is 0 Å². The third kappa shape index (κ3) is 33.2. The average Bonchev–Trinajstić information content (AvgIpc) is 3.04. The Morgan fingerprint density at radius 2 is 0.783 bits per heavy atom. The van der Waals surface area contributed by atoms with Gasteiger partial charge < -0.3 is 10.0 Å². The Bertz CT molecular complexity index is 636. The lowest BCUT2D eigenvalue weighted by Crippen LogP contribution is -2.33. The highest BCUT2D eigenvalue weighted by Gasteiger charge is 2.22. The molecule has 274 valence electrons. The highest BCUT2D eigenvalue weighted by atomic mass is 16.3. The zero-order valence-electron chi connectivity index (χ0n) is 31.7. The van der Waals surface area contributed by atoms with Crippen molar-refractivity contribution < 1.29 is 14.7 Å². The summed E-state index contributed by atoms with van der Waals surface area (Å²) < 4.78 is 0. The second kappa shape index (κ2) is 37.1. The van der Waals surface area contributed by atoms with Gasteiger partial charge in [-0.25, -0.2) is 0 Å². The van der Waals surface area contributed by atoms with E-state index in [1.165, 1.54) is 167 Å². The molecule has 46 heavy (non-hydrogen) atoms. The van der Waals surface area contributed by atoms with Crippen LogP contribution in [0.25, 0.3) is 0 Å². The van der Waals surface area contributed by atoms with Crippen molar-refractivity contribution in [3.8, 4) is 0 Å². The number of aliphatic hydroxyl groups is 1. The number of carbonyl (C=O) groups is 2. The first-order valence-electron chi connectivity index (χ1n) is 20.9. The molecular weight excluding hydrogens is 566 g/mol. The second-order valence-corrected chi connectivity index (χ2v) is 14.8. The summed E-state index contributed by atoms with van der Waals surface area (Å²) in [4.78, 5) is 28.0. The summed E-state index contributed by atoms with van der Waals surface area (Å²) in [5, 5.41) is 9.33. The molecule has 0 fully saturated rings. The Morgan fingerprint density at radius 1 is 0.478 bits per heavy atom. The van der Waals surface area contributed by atoms with Crippen molar-refractivity contribution >= 4 is 11.6 Å². The fourth-order valence-electron chi connectivity index (χ4n) is 6.86. The number of carbonyl (C=O) groups excluding carboxylic acids is 2. The van der Waals surface area contributed by atoms with E-state index in [4.69, 9.17) is 0 Å². The zero-order valence-corrected chi connectivity index (χ0v) is 31.7. The quantitative estimate of drug-likeness (QED) is 0.0673. The highest BCUT2D eigenvalue weighted by Crippen LogP contribution is 2.18.